The Morgan fingerprint density at radius 3 is 2.95 bits per heavy atom. The van der Waals surface area contributed by atoms with Gasteiger partial charge < -0.3 is 10.5 Å². The fraction of sp³-hybridized carbons (Fsp3) is 0.250. The Labute approximate surface area is 118 Å². The average molecular weight is 271 g/mol. The van der Waals surface area contributed by atoms with Crippen LogP contribution in [0.4, 0.5) is 5.69 Å². The van der Waals surface area contributed by atoms with E-state index in [2.05, 4.69) is 30.3 Å². The molecule has 3 rings (SSSR count). The topological polar surface area (TPSA) is 35.2 Å². The zero-order valence-corrected chi connectivity index (χ0v) is 11.5. The third-order valence-electron chi connectivity index (χ3n) is 3.35. The van der Waals surface area contributed by atoms with E-state index in [1.807, 2.05) is 18.2 Å². The van der Waals surface area contributed by atoms with Gasteiger partial charge in [0.15, 0.2) is 0 Å². The second-order valence-electron chi connectivity index (χ2n) is 4.69. The van der Waals surface area contributed by atoms with E-state index in [0.29, 0.717) is 0 Å². The van der Waals surface area contributed by atoms with Crippen LogP contribution in [0, 0.1) is 0 Å². The molecule has 98 valence electrons. The molecule has 3 heteroatoms. The first-order chi connectivity index (χ1) is 9.33. The summed E-state index contributed by atoms with van der Waals surface area (Å²) in [7, 11) is 0. The highest BCUT2D eigenvalue weighted by Crippen LogP contribution is 2.32. The summed E-state index contributed by atoms with van der Waals surface area (Å²) in [6, 6.07) is 16.6. The number of nitrogen functional groups attached to an aromatic ring is 1. The Kier molecular flexibility index (Phi) is 3.76. The third kappa shape index (κ3) is 2.94. The van der Waals surface area contributed by atoms with Gasteiger partial charge in [-0.1, -0.05) is 30.3 Å². The van der Waals surface area contributed by atoms with E-state index in [1.165, 1.54) is 16.0 Å². The van der Waals surface area contributed by atoms with Gasteiger partial charge in [0, 0.05) is 16.3 Å². The van der Waals surface area contributed by atoms with Gasteiger partial charge in [-0.05, 0) is 35.7 Å². The Balaban J connectivity index is 1.71. The normalized spacial score (nSPS) is 18.0. The second kappa shape index (κ2) is 5.68. The maximum atomic E-state index is 5.90. The molecule has 0 radical (unpaired) electrons. The molecule has 1 unspecified atom stereocenters. The highest BCUT2D eigenvalue weighted by atomic mass is 32.2. The third-order valence-corrected chi connectivity index (χ3v) is 4.41. The lowest BCUT2D eigenvalue weighted by Crippen LogP contribution is -2.17. The lowest BCUT2D eigenvalue weighted by molar-refractivity contribution is 0.0588. The first kappa shape index (κ1) is 12.6. The van der Waals surface area contributed by atoms with E-state index >= 15 is 0 Å². The van der Waals surface area contributed by atoms with Gasteiger partial charge in [-0.3, -0.25) is 0 Å². The summed E-state index contributed by atoms with van der Waals surface area (Å²) in [6.07, 6.45) is 1.21. The highest BCUT2D eigenvalue weighted by Gasteiger charge is 2.20. The van der Waals surface area contributed by atoms with E-state index in [4.69, 9.17) is 10.5 Å². The molecule has 0 amide bonds. The smallest absolute Gasteiger partial charge is 0.0921 e. The van der Waals surface area contributed by atoms with Crippen molar-refractivity contribution in [2.75, 3.05) is 18.1 Å². The molecule has 0 aliphatic carbocycles. The lowest BCUT2D eigenvalue weighted by Gasteiger charge is -2.25. The van der Waals surface area contributed by atoms with Crippen LogP contribution in [0.1, 0.15) is 17.2 Å². The summed E-state index contributed by atoms with van der Waals surface area (Å²) in [6.45, 7) is 0.819. The summed E-state index contributed by atoms with van der Waals surface area (Å²) < 4.78 is 5.90. The monoisotopic (exact) mass is 271 g/mol. The van der Waals surface area contributed by atoms with Crippen LogP contribution in [-0.4, -0.2) is 12.4 Å². The van der Waals surface area contributed by atoms with Gasteiger partial charge in [-0.2, -0.15) is 0 Å². The zero-order chi connectivity index (χ0) is 13.1. The van der Waals surface area contributed by atoms with Crippen LogP contribution in [-0.2, 0) is 11.2 Å². The van der Waals surface area contributed by atoms with Crippen LogP contribution in [0.15, 0.2) is 53.4 Å². The molecule has 2 aromatic rings. The van der Waals surface area contributed by atoms with Crippen LogP contribution < -0.4 is 5.73 Å². The number of thioether (sulfide) groups is 1. The van der Waals surface area contributed by atoms with Gasteiger partial charge in [-0.25, -0.2) is 0 Å². The molecule has 2 nitrogen and oxygen atoms in total. The molecule has 1 heterocycles. The average Bonchev–Trinajstić information content (AvgIpc) is 2.45. The first-order valence-corrected chi connectivity index (χ1v) is 7.49. The van der Waals surface area contributed by atoms with Crippen molar-refractivity contribution in [2.24, 2.45) is 0 Å². The highest BCUT2D eigenvalue weighted by molar-refractivity contribution is 7.99. The second-order valence-corrected chi connectivity index (χ2v) is 5.79. The van der Waals surface area contributed by atoms with Gasteiger partial charge in [0.05, 0.1) is 12.7 Å². The number of fused-ring (bicyclic) bond motifs is 1. The fourth-order valence-corrected chi connectivity index (χ4v) is 3.40. The van der Waals surface area contributed by atoms with Gasteiger partial charge in [-0.15, -0.1) is 11.8 Å². The Bertz CT molecular complexity index is 570. The molecule has 1 aliphatic heterocycles. The number of anilines is 1. The van der Waals surface area contributed by atoms with Gasteiger partial charge >= 0.3 is 0 Å². The largest absolute Gasteiger partial charge is 0.399 e. The molecule has 2 aromatic carbocycles. The van der Waals surface area contributed by atoms with E-state index in [9.17, 15) is 0 Å². The molecule has 0 saturated heterocycles. The molecule has 0 aromatic heterocycles. The van der Waals surface area contributed by atoms with E-state index in [1.54, 1.807) is 11.8 Å². The molecule has 1 atom stereocenters. The van der Waals surface area contributed by atoms with Crippen molar-refractivity contribution >= 4 is 17.4 Å². The molecule has 1 aliphatic rings. The van der Waals surface area contributed by atoms with Crippen molar-refractivity contribution < 1.29 is 4.74 Å². The number of hydrogen-bond donors (Lipinski definition) is 1. The van der Waals surface area contributed by atoms with Crippen molar-refractivity contribution in [2.45, 2.75) is 17.4 Å². The number of ether oxygens (including phenoxy) is 1. The Hall–Kier alpha value is -1.45. The minimum absolute atomic E-state index is 0.191. The molecule has 2 N–H and O–H groups in total. The summed E-state index contributed by atoms with van der Waals surface area (Å²) in [5.41, 5.74) is 9.38. The Morgan fingerprint density at radius 1 is 1.16 bits per heavy atom. The SMILES string of the molecule is Nc1cccc(SCC2OCCc3ccccc32)c1. The molecular formula is C16H17NOS. The molecule has 0 fully saturated rings. The maximum absolute atomic E-state index is 5.90. The number of benzene rings is 2. The van der Waals surface area contributed by atoms with Gasteiger partial charge in [0.25, 0.3) is 0 Å². The predicted molar refractivity (Wildman–Crippen MR) is 80.4 cm³/mol. The molecule has 19 heavy (non-hydrogen) atoms. The van der Waals surface area contributed by atoms with Crippen molar-refractivity contribution in [1.29, 1.82) is 0 Å². The predicted octanol–water partition coefficient (Wildman–Crippen LogP) is 3.67. The molecular weight excluding hydrogens is 254 g/mol. The first-order valence-electron chi connectivity index (χ1n) is 6.51. The lowest BCUT2D eigenvalue weighted by atomic mass is 9.99. The maximum Gasteiger partial charge on any atom is 0.0921 e. The molecule has 0 bridgehead atoms. The Morgan fingerprint density at radius 2 is 2.05 bits per heavy atom. The summed E-state index contributed by atoms with van der Waals surface area (Å²) in [5, 5.41) is 0. The number of hydrogen-bond acceptors (Lipinski definition) is 3. The molecule has 0 saturated carbocycles. The van der Waals surface area contributed by atoms with Crippen LogP contribution in [0.3, 0.4) is 0 Å². The summed E-state index contributed by atoms with van der Waals surface area (Å²) in [4.78, 5) is 1.20. The number of rotatable bonds is 3. The zero-order valence-electron chi connectivity index (χ0n) is 10.7. The minimum Gasteiger partial charge on any atom is -0.399 e. The number of nitrogens with two attached hydrogens (primary N) is 1. The van der Waals surface area contributed by atoms with Crippen LogP contribution >= 0.6 is 11.8 Å². The minimum atomic E-state index is 0.191. The van der Waals surface area contributed by atoms with Crippen molar-refractivity contribution in [3.8, 4) is 0 Å². The van der Waals surface area contributed by atoms with E-state index in [0.717, 1.165) is 24.5 Å². The van der Waals surface area contributed by atoms with Gasteiger partial charge in [0.1, 0.15) is 0 Å². The summed E-state index contributed by atoms with van der Waals surface area (Å²) >= 11 is 1.80. The van der Waals surface area contributed by atoms with Crippen molar-refractivity contribution in [3.05, 3.63) is 59.7 Å². The van der Waals surface area contributed by atoms with E-state index < -0.39 is 0 Å². The molecule has 0 spiro atoms. The fourth-order valence-electron chi connectivity index (χ4n) is 2.39. The summed E-state index contributed by atoms with van der Waals surface area (Å²) in [5.74, 6) is 0.931. The quantitative estimate of drug-likeness (QED) is 0.683. The standard InChI is InChI=1S/C16H17NOS/c17-13-5-3-6-14(10-13)19-11-16-15-7-2-1-4-12(15)8-9-18-16/h1-7,10,16H,8-9,11,17H2. The van der Waals surface area contributed by atoms with Crippen LogP contribution in [0.5, 0.6) is 0 Å². The van der Waals surface area contributed by atoms with Crippen molar-refractivity contribution in [1.82, 2.24) is 0 Å². The van der Waals surface area contributed by atoms with E-state index in [-0.39, 0.29) is 6.10 Å². The van der Waals surface area contributed by atoms with Gasteiger partial charge in [0.2, 0.25) is 0 Å². The van der Waals surface area contributed by atoms with Crippen LogP contribution in [0.2, 0.25) is 0 Å². The van der Waals surface area contributed by atoms with Crippen LogP contribution in [0.25, 0.3) is 0 Å². The van der Waals surface area contributed by atoms with Crippen molar-refractivity contribution in [3.63, 3.8) is 0 Å².